The maximum absolute atomic E-state index is 9.85. The Balaban J connectivity index is 2.38. The Bertz CT molecular complexity index is 368. The van der Waals surface area contributed by atoms with E-state index in [4.69, 9.17) is 9.47 Å². The largest absolute Gasteiger partial charge is 0.508 e. The van der Waals surface area contributed by atoms with Gasteiger partial charge in [0.2, 0.25) is 0 Å². The van der Waals surface area contributed by atoms with Crippen molar-refractivity contribution >= 4 is 0 Å². The first-order chi connectivity index (χ1) is 9.19. The highest BCUT2D eigenvalue weighted by molar-refractivity contribution is 5.41. The van der Waals surface area contributed by atoms with E-state index in [1.165, 1.54) is 0 Å². The van der Waals surface area contributed by atoms with Crippen LogP contribution in [0, 0.1) is 0 Å². The smallest absolute Gasteiger partial charge is 0.120 e. The van der Waals surface area contributed by atoms with Crippen LogP contribution in [0.3, 0.4) is 0 Å². The van der Waals surface area contributed by atoms with Crippen molar-refractivity contribution in [2.75, 3.05) is 26.9 Å². The van der Waals surface area contributed by atoms with Crippen LogP contribution in [0.25, 0.3) is 0 Å². The normalized spacial score (nSPS) is 12.4. The molecule has 0 fully saturated rings. The maximum Gasteiger partial charge on any atom is 0.120 e. The molecule has 1 rings (SSSR count). The molecule has 0 heterocycles. The van der Waals surface area contributed by atoms with Crippen molar-refractivity contribution in [2.45, 2.75) is 32.7 Å². The van der Waals surface area contributed by atoms with Crippen molar-refractivity contribution < 1.29 is 14.6 Å². The van der Waals surface area contributed by atoms with Gasteiger partial charge in [-0.05, 0) is 31.5 Å². The van der Waals surface area contributed by atoms with Crippen molar-refractivity contribution in [1.82, 2.24) is 5.32 Å². The fraction of sp³-hybridized carbons (Fsp3) is 0.600. The second kappa shape index (κ2) is 8.77. The van der Waals surface area contributed by atoms with E-state index < -0.39 is 0 Å². The number of aromatic hydroxyl groups is 1. The Morgan fingerprint density at radius 3 is 2.79 bits per heavy atom. The molecular formula is C15H25NO3. The first-order valence-corrected chi connectivity index (χ1v) is 6.87. The lowest BCUT2D eigenvalue weighted by Crippen LogP contribution is -2.23. The van der Waals surface area contributed by atoms with Crippen LogP contribution in [0.1, 0.15) is 38.3 Å². The zero-order valence-electron chi connectivity index (χ0n) is 12.1. The summed E-state index contributed by atoms with van der Waals surface area (Å²) in [5.74, 6) is 1.04. The van der Waals surface area contributed by atoms with Crippen molar-refractivity contribution in [2.24, 2.45) is 0 Å². The van der Waals surface area contributed by atoms with Gasteiger partial charge in [-0.15, -0.1) is 0 Å². The van der Waals surface area contributed by atoms with Gasteiger partial charge in [-0.2, -0.15) is 0 Å². The number of hydrogen-bond acceptors (Lipinski definition) is 4. The molecule has 2 N–H and O–H groups in total. The van der Waals surface area contributed by atoms with Crippen LogP contribution in [-0.4, -0.2) is 32.0 Å². The summed E-state index contributed by atoms with van der Waals surface area (Å²) in [4.78, 5) is 0. The summed E-state index contributed by atoms with van der Waals surface area (Å²) in [5, 5.41) is 13.2. The highest BCUT2D eigenvalue weighted by atomic mass is 16.5. The molecule has 1 aromatic carbocycles. The second-order valence-electron chi connectivity index (χ2n) is 4.57. The van der Waals surface area contributed by atoms with Gasteiger partial charge in [0.1, 0.15) is 11.5 Å². The molecule has 0 bridgehead atoms. The fourth-order valence-corrected chi connectivity index (χ4v) is 1.81. The van der Waals surface area contributed by atoms with E-state index in [1.807, 2.05) is 13.0 Å². The monoisotopic (exact) mass is 267 g/mol. The summed E-state index contributed by atoms with van der Waals surface area (Å²) in [6, 6.07) is 5.32. The third kappa shape index (κ3) is 5.49. The predicted octanol–water partition coefficient (Wildman–Crippen LogP) is 2.87. The number of methoxy groups -OCH3 is 1. The molecule has 4 nitrogen and oxygen atoms in total. The van der Waals surface area contributed by atoms with Crippen LogP contribution in [0.15, 0.2) is 18.2 Å². The first-order valence-electron chi connectivity index (χ1n) is 6.87. The van der Waals surface area contributed by atoms with Crippen LogP contribution in [0.5, 0.6) is 11.5 Å². The van der Waals surface area contributed by atoms with E-state index in [0.29, 0.717) is 6.61 Å². The van der Waals surface area contributed by atoms with E-state index in [0.717, 1.165) is 37.3 Å². The molecule has 0 radical (unpaired) electrons. The molecule has 0 saturated heterocycles. The molecule has 4 heteroatoms. The van der Waals surface area contributed by atoms with Gasteiger partial charge in [-0.25, -0.2) is 0 Å². The fourth-order valence-electron chi connectivity index (χ4n) is 1.81. The summed E-state index contributed by atoms with van der Waals surface area (Å²) < 4.78 is 10.7. The van der Waals surface area contributed by atoms with Gasteiger partial charge in [0, 0.05) is 24.8 Å². The summed E-state index contributed by atoms with van der Waals surface area (Å²) in [6.45, 7) is 6.43. The molecule has 0 aliphatic carbocycles. The lowest BCUT2D eigenvalue weighted by molar-refractivity contribution is 0.131. The Kier molecular flexibility index (Phi) is 7.30. The SMILES string of the molecule is CCCCOCCNC(C)c1cc(OC)ccc1O. The molecular weight excluding hydrogens is 242 g/mol. The molecule has 0 aromatic heterocycles. The quantitative estimate of drug-likeness (QED) is 0.675. The third-order valence-electron chi connectivity index (χ3n) is 3.04. The van der Waals surface area contributed by atoms with Crippen LogP contribution in [0.2, 0.25) is 0 Å². The first kappa shape index (κ1) is 15.8. The average Bonchev–Trinajstić information content (AvgIpc) is 2.43. The number of benzene rings is 1. The Hall–Kier alpha value is -1.26. The molecule has 1 unspecified atom stereocenters. The zero-order chi connectivity index (χ0) is 14.1. The second-order valence-corrected chi connectivity index (χ2v) is 4.57. The number of unbranched alkanes of at least 4 members (excludes halogenated alkanes) is 1. The summed E-state index contributed by atoms with van der Waals surface area (Å²) in [6.07, 6.45) is 2.26. The van der Waals surface area contributed by atoms with E-state index >= 15 is 0 Å². The summed E-state index contributed by atoms with van der Waals surface area (Å²) in [5.41, 5.74) is 0.841. The minimum absolute atomic E-state index is 0.0601. The van der Waals surface area contributed by atoms with Crippen LogP contribution >= 0.6 is 0 Å². The van der Waals surface area contributed by atoms with Gasteiger partial charge in [0.25, 0.3) is 0 Å². The molecule has 1 aromatic rings. The average molecular weight is 267 g/mol. The van der Waals surface area contributed by atoms with Crippen LogP contribution < -0.4 is 10.1 Å². The van der Waals surface area contributed by atoms with Gasteiger partial charge in [-0.3, -0.25) is 0 Å². The predicted molar refractivity (Wildman–Crippen MR) is 76.8 cm³/mol. The third-order valence-corrected chi connectivity index (χ3v) is 3.04. The zero-order valence-corrected chi connectivity index (χ0v) is 12.1. The lowest BCUT2D eigenvalue weighted by Gasteiger charge is -2.16. The number of ether oxygens (including phenoxy) is 2. The highest BCUT2D eigenvalue weighted by Crippen LogP contribution is 2.27. The van der Waals surface area contributed by atoms with Crippen LogP contribution in [0.4, 0.5) is 0 Å². The maximum atomic E-state index is 9.85. The number of phenols is 1. The highest BCUT2D eigenvalue weighted by Gasteiger charge is 2.10. The summed E-state index contributed by atoms with van der Waals surface area (Å²) in [7, 11) is 1.62. The number of nitrogens with one attached hydrogen (secondary N) is 1. The van der Waals surface area contributed by atoms with Crippen molar-refractivity contribution in [3.63, 3.8) is 0 Å². The lowest BCUT2D eigenvalue weighted by atomic mass is 10.1. The van der Waals surface area contributed by atoms with Crippen molar-refractivity contribution in [3.8, 4) is 11.5 Å². The molecule has 0 aliphatic heterocycles. The molecule has 108 valence electrons. The Morgan fingerprint density at radius 1 is 1.32 bits per heavy atom. The molecule has 19 heavy (non-hydrogen) atoms. The van der Waals surface area contributed by atoms with Gasteiger partial charge >= 0.3 is 0 Å². The minimum atomic E-state index is 0.0601. The Morgan fingerprint density at radius 2 is 2.11 bits per heavy atom. The van der Waals surface area contributed by atoms with Crippen molar-refractivity contribution in [3.05, 3.63) is 23.8 Å². The van der Waals surface area contributed by atoms with E-state index in [2.05, 4.69) is 12.2 Å². The number of hydrogen-bond donors (Lipinski definition) is 2. The standard InChI is InChI=1S/C15H25NO3/c1-4-5-9-19-10-8-16-12(2)14-11-13(18-3)6-7-15(14)17/h6-7,11-12,16-17H,4-5,8-10H2,1-3H3. The van der Waals surface area contributed by atoms with Crippen LogP contribution in [-0.2, 0) is 4.74 Å². The van der Waals surface area contributed by atoms with Gasteiger partial charge in [0.15, 0.2) is 0 Å². The molecule has 0 saturated carbocycles. The number of phenolic OH excluding ortho intramolecular Hbond substituents is 1. The Labute approximate surface area is 115 Å². The molecule has 0 amide bonds. The van der Waals surface area contributed by atoms with Crippen molar-refractivity contribution in [1.29, 1.82) is 0 Å². The van der Waals surface area contributed by atoms with Gasteiger partial charge < -0.3 is 19.9 Å². The van der Waals surface area contributed by atoms with Gasteiger partial charge in [-0.1, -0.05) is 13.3 Å². The van der Waals surface area contributed by atoms with E-state index in [-0.39, 0.29) is 11.8 Å². The van der Waals surface area contributed by atoms with E-state index in [1.54, 1.807) is 19.2 Å². The molecule has 0 spiro atoms. The summed E-state index contributed by atoms with van der Waals surface area (Å²) >= 11 is 0. The number of rotatable bonds is 9. The molecule has 0 aliphatic rings. The van der Waals surface area contributed by atoms with Gasteiger partial charge in [0.05, 0.1) is 13.7 Å². The molecule has 1 atom stereocenters. The topological polar surface area (TPSA) is 50.7 Å². The minimum Gasteiger partial charge on any atom is -0.508 e. The van der Waals surface area contributed by atoms with E-state index in [9.17, 15) is 5.11 Å².